The lowest BCUT2D eigenvalue weighted by Gasteiger charge is -2.03. The Morgan fingerprint density at radius 1 is 0.903 bits per heavy atom. The van der Waals surface area contributed by atoms with E-state index in [0.29, 0.717) is 23.3 Å². The molecular formula is C23H18Br2N4O2. The van der Waals surface area contributed by atoms with Crippen LogP contribution in [0.2, 0.25) is 0 Å². The number of aryl methyl sites for hydroxylation is 1. The van der Waals surface area contributed by atoms with Crippen LogP contribution in [0.5, 0.6) is 0 Å². The van der Waals surface area contributed by atoms with Gasteiger partial charge < -0.3 is 15.3 Å². The smallest absolute Gasteiger partial charge is 0.259 e. The van der Waals surface area contributed by atoms with Crippen LogP contribution >= 0.6 is 31.9 Å². The molecule has 0 spiro atoms. The molecular weight excluding hydrogens is 524 g/mol. The van der Waals surface area contributed by atoms with Crippen LogP contribution in [0.25, 0.3) is 33.0 Å². The maximum Gasteiger partial charge on any atom is 0.259 e. The zero-order valence-corrected chi connectivity index (χ0v) is 19.5. The van der Waals surface area contributed by atoms with Gasteiger partial charge >= 0.3 is 0 Å². The number of carbonyl (C=O) groups is 2. The second-order valence-electron chi connectivity index (χ2n) is 7.47. The highest BCUT2D eigenvalue weighted by molar-refractivity contribution is 9.10. The maximum absolute atomic E-state index is 13.0. The molecule has 0 radical (unpaired) electrons. The number of hydrogen-bond donors (Lipinski definition) is 3. The van der Waals surface area contributed by atoms with Crippen molar-refractivity contribution in [1.29, 1.82) is 0 Å². The fourth-order valence-corrected chi connectivity index (χ4v) is 4.91. The SMILES string of the molecule is NCCCn1cc(C2=C(c3c[nH]c4ccc(Br)cc34)C(=O)NC2=O)c2cc(Br)ccc21. The van der Waals surface area contributed by atoms with Gasteiger partial charge in [0.05, 0.1) is 11.1 Å². The predicted molar refractivity (Wildman–Crippen MR) is 129 cm³/mol. The third-order valence-electron chi connectivity index (χ3n) is 5.56. The second-order valence-corrected chi connectivity index (χ2v) is 9.30. The Morgan fingerprint density at radius 2 is 1.58 bits per heavy atom. The number of imide groups is 1. The first-order valence-corrected chi connectivity index (χ1v) is 11.4. The van der Waals surface area contributed by atoms with E-state index in [4.69, 9.17) is 5.73 Å². The molecule has 156 valence electrons. The minimum absolute atomic E-state index is 0.382. The van der Waals surface area contributed by atoms with Gasteiger partial charge in [-0.3, -0.25) is 14.9 Å². The number of amides is 2. The number of hydrogen-bond acceptors (Lipinski definition) is 3. The van der Waals surface area contributed by atoms with Gasteiger partial charge in [0.1, 0.15) is 0 Å². The Morgan fingerprint density at radius 3 is 2.32 bits per heavy atom. The number of rotatable bonds is 5. The fourth-order valence-electron chi connectivity index (χ4n) is 4.18. The van der Waals surface area contributed by atoms with Gasteiger partial charge in [0.15, 0.2) is 0 Å². The molecule has 6 nitrogen and oxygen atoms in total. The van der Waals surface area contributed by atoms with Gasteiger partial charge in [0.25, 0.3) is 11.8 Å². The van der Waals surface area contributed by atoms with Gasteiger partial charge in [-0.15, -0.1) is 0 Å². The highest BCUT2D eigenvalue weighted by Crippen LogP contribution is 2.39. The molecule has 2 aromatic carbocycles. The summed E-state index contributed by atoms with van der Waals surface area (Å²) < 4.78 is 3.90. The molecule has 2 aromatic heterocycles. The van der Waals surface area contributed by atoms with Gasteiger partial charge in [-0.2, -0.15) is 0 Å². The second kappa shape index (κ2) is 7.78. The van der Waals surface area contributed by atoms with Crippen molar-refractivity contribution in [3.63, 3.8) is 0 Å². The van der Waals surface area contributed by atoms with Crippen LogP contribution < -0.4 is 11.1 Å². The average Bonchev–Trinajstić information content (AvgIpc) is 3.38. The van der Waals surface area contributed by atoms with E-state index in [-0.39, 0.29) is 5.91 Å². The van der Waals surface area contributed by atoms with Gasteiger partial charge in [0.2, 0.25) is 0 Å². The van der Waals surface area contributed by atoms with Gasteiger partial charge in [-0.25, -0.2) is 0 Å². The van der Waals surface area contributed by atoms with Crippen LogP contribution in [0.15, 0.2) is 57.7 Å². The van der Waals surface area contributed by atoms with Gasteiger partial charge in [0, 0.05) is 60.8 Å². The summed E-state index contributed by atoms with van der Waals surface area (Å²) in [5.74, 6) is -0.777. The third kappa shape index (κ3) is 3.35. The number of nitrogens with zero attached hydrogens (tertiary/aromatic N) is 1. The highest BCUT2D eigenvalue weighted by atomic mass is 79.9. The number of halogens is 2. The van der Waals surface area contributed by atoms with Gasteiger partial charge in [-0.05, 0) is 49.4 Å². The topological polar surface area (TPSA) is 92.9 Å². The molecule has 3 heterocycles. The van der Waals surface area contributed by atoms with E-state index < -0.39 is 5.91 Å². The first kappa shape index (κ1) is 20.2. The monoisotopic (exact) mass is 540 g/mol. The van der Waals surface area contributed by atoms with E-state index >= 15 is 0 Å². The molecule has 2 amide bonds. The minimum Gasteiger partial charge on any atom is -0.361 e. The molecule has 5 rings (SSSR count). The Bertz CT molecular complexity index is 1410. The summed E-state index contributed by atoms with van der Waals surface area (Å²) in [6.07, 6.45) is 4.55. The summed E-state index contributed by atoms with van der Waals surface area (Å²) >= 11 is 7.03. The molecule has 0 atom stereocenters. The molecule has 0 bridgehead atoms. The highest BCUT2D eigenvalue weighted by Gasteiger charge is 2.35. The van der Waals surface area contributed by atoms with Crippen LogP contribution in [0, 0.1) is 0 Å². The third-order valence-corrected chi connectivity index (χ3v) is 6.55. The molecule has 0 saturated heterocycles. The number of benzene rings is 2. The van der Waals surface area contributed by atoms with Crippen molar-refractivity contribution < 1.29 is 9.59 Å². The number of nitrogens with two attached hydrogens (primary N) is 1. The zero-order chi connectivity index (χ0) is 21.7. The number of H-pyrrole nitrogens is 1. The van der Waals surface area contributed by atoms with E-state index in [0.717, 1.165) is 49.3 Å². The van der Waals surface area contributed by atoms with Crippen molar-refractivity contribution in [2.24, 2.45) is 5.73 Å². The van der Waals surface area contributed by atoms with Crippen molar-refractivity contribution in [3.05, 3.63) is 68.9 Å². The largest absolute Gasteiger partial charge is 0.361 e. The van der Waals surface area contributed by atoms with Crippen molar-refractivity contribution in [2.75, 3.05) is 6.54 Å². The molecule has 0 fully saturated rings. The van der Waals surface area contributed by atoms with Crippen LogP contribution in [0.3, 0.4) is 0 Å². The van der Waals surface area contributed by atoms with Crippen molar-refractivity contribution in [3.8, 4) is 0 Å². The average molecular weight is 542 g/mol. The normalized spacial score (nSPS) is 14.3. The van der Waals surface area contributed by atoms with E-state index in [2.05, 4.69) is 46.7 Å². The summed E-state index contributed by atoms with van der Waals surface area (Å²) in [5.41, 5.74) is 9.81. The molecule has 1 aliphatic rings. The van der Waals surface area contributed by atoms with E-state index in [9.17, 15) is 9.59 Å². The van der Waals surface area contributed by atoms with Crippen LogP contribution in [0.4, 0.5) is 0 Å². The zero-order valence-electron chi connectivity index (χ0n) is 16.3. The van der Waals surface area contributed by atoms with Crippen LogP contribution in [0.1, 0.15) is 17.5 Å². The summed E-state index contributed by atoms with van der Waals surface area (Å²) in [7, 11) is 0. The lowest BCUT2D eigenvalue weighted by Crippen LogP contribution is -2.22. The number of fused-ring (bicyclic) bond motifs is 2. The summed E-state index contributed by atoms with van der Waals surface area (Å²) in [6, 6.07) is 11.8. The first-order valence-electron chi connectivity index (χ1n) is 9.83. The summed E-state index contributed by atoms with van der Waals surface area (Å²) in [6.45, 7) is 1.30. The van der Waals surface area contributed by atoms with Crippen LogP contribution in [-0.2, 0) is 16.1 Å². The fraction of sp³-hybridized carbons (Fsp3) is 0.130. The van der Waals surface area contributed by atoms with Crippen molar-refractivity contribution in [1.82, 2.24) is 14.9 Å². The standard InChI is InChI=1S/C23H18Br2N4O2/c24-12-2-4-18-14(8-12)16(10-27-18)20-21(23(31)28-22(20)30)17-11-29(7-1-6-26)19-5-3-13(25)9-15(17)19/h2-5,8-11,27H,1,6-7,26H2,(H,28,30,31). The molecule has 4 aromatic rings. The molecule has 31 heavy (non-hydrogen) atoms. The molecule has 8 heteroatoms. The minimum atomic E-state index is -0.390. The van der Waals surface area contributed by atoms with Gasteiger partial charge in [-0.1, -0.05) is 31.9 Å². The predicted octanol–water partition coefficient (Wildman–Crippen LogP) is 4.56. The quantitative estimate of drug-likeness (QED) is 0.323. The number of carbonyl (C=O) groups excluding carboxylic acids is 2. The molecule has 0 saturated carbocycles. The molecule has 0 aliphatic carbocycles. The lowest BCUT2D eigenvalue weighted by atomic mass is 9.95. The summed E-state index contributed by atoms with van der Waals surface area (Å²) in [5, 5.41) is 4.28. The Hall–Kier alpha value is -2.68. The number of aromatic nitrogens is 2. The van der Waals surface area contributed by atoms with E-state index in [1.165, 1.54) is 0 Å². The summed E-state index contributed by atoms with van der Waals surface area (Å²) in [4.78, 5) is 29.1. The molecule has 0 unspecified atom stereocenters. The maximum atomic E-state index is 13.0. The number of nitrogens with one attached hydrogen (secondary N) is 2. The Kier molecular flexibility index (Phi) is 5.08. The Balaban J connectivity index is 1.81. The molecule has 4 N–H and O–H groups in total. The van der Waals surface area contributed by atoms with Crippen molar-refractivity contribution >= 4 is 76.6 Å². The first-order chi connectivity index (χ1) is 15.0. The van der Waals surface area contributed by atoms with Crippen LogP contribution in [-0.4, -0.2) is 27.9 Å². The lowest BCUT2D eigenvalue weighted by molar-refractivity contribution is -0.122. The Labute approximate surface area is 194 Å². The molecule has 1 aliphatic heterocycles. The van der Waals surface area contributed by atoms with E-state index in [1.54, 1.807) is 6.20 Å². The number of aromatic amines is 1. The van der Waals surface area contributed by atoms with E-state index in [1.807, 2.05) is 42.6 Å². The van der Waals surface area contributed by atoms with Crippen molar-refractivity contribution in [2.45, 2.75) is 13.0 Å².